The summed E-state index contributed by atoms with van der Waals surface area (Å²) >= 11 is 0. The second-order valence-corrected chi connectivity index (χ2v) is 18.8. The van der Waals surface area contributed by atoms with Crippen molar-refractivity contribution in [3.63, 3.8) is 0 Å². The summed E-state index contributed by atoms with van der Waals surface area (Å²) in [6.07, 6.45) is 7.89. The van der Waals surface area contributed by atoms with Crippen molar-refractivity contribution in [1.82, 2.24) is 0 Å². The molecule has 0 heterocycles. The lowest BCUT2D eigenvalue weighted by atomic mass is 9.65. The SMILES string of the molecule is CCCCCCCC(C)C1(C)c2cc(C)ccc2-c2cc3c(cc21)-c1ccc(C)cc1C3(c1ccc(C(C)(C)C)cc1)c1ccc(C(C)(C)C)cc1. The van der Waals surface area contributed by atoms with Crippen LogP contribution in [0.2, 0.25) is 0 Å². The maximum atomic E-state index is 2.65. The van der Waals surface area contributed by atoms with Gasteiger partial charge in [0.05, 0.1) is 5.41 Å². The van der Waals surface area contributed by atoms with E-state index in [9.17, 15) is 0 Å². The lowest BCUT2D eigenvalue weighted by Gasteiger charge is -2.36. The van der Waals surface area contributed by atoms with E-state index in [4.69, 9.17) is 0 Å². The molecule has 2 unspecified atom stereocenters. The summed E-state index contributed by atoms with van der Waals surface area (Å²) < 4.78 is 0. The van der Waals surface area contributed by atoms with Gasteiger partial charge >= 0.3 is 0 Å². The largest absolute Gasteiger partial charge is 0.0713 e. The fourth-order valence-corrected chi connectivity index (χ4v) is 9.70. The Labute approximate surface area is 316 Å². The topological polar surface area (TPSA) is 0 Å². The zero-order chi connectivity index (χ0) is 37.2. The van der Waals surface area contributed by atoms with E-state index in [1.807, 2.05) is 0 Å². The van der Waals surface area contributed by atoms with E-state index in [-0.39, 0.29) is 16.2 Å². The highest BCUT2D eigenvalue weighted by Gasteiger charge is 2.50. The Bertz CT molecular complexity index is 2030. The van der Waals surface area contributed by atoms with Crippen molar-refractivity contribution in [1.29, 1.82) is 0 Å². The molecule has 2 aliphatic carbocycles. The van der Waals surface area contributed by atoms with Crippen molar-refractivity contribution in [3.05, 3.63) is 153 Å². The van der Waals surface area contributed by atoms with Crippen LogP contribution in [0, 0.1) is 19.8 Å². The van der Waals surface area contributed by atoms with E-state index >= 15 is 0 Å². The first-order chi connectivity index (χ1) is 24.6. The number of rotatable bonds is 9. The van der Waals surface area contributed by atoms with Gasteiger partial charge in [0.1, 0.15) is 0 Å². The van der Waals surface area contributed by atoms with Gasteiger partial charge in [-0.05, 0) is 116 Å². The molecule has 270 valence electrons. The summed E-state index contributed by atoms with van der Waals surface area (Å²) in [5.74, 6) is 0.535. The minimum Gasteiger partial charge on any atom is -0.0654 e. The first-order valence-electron chi connectivity index (χ1n) is 20.3. The average molecular weight is 687 g/mol. The highest BCUT2D eigenvalue weighted by atomic mass is 14.5. The Morgan fingerprint density at radius 2 is 0.923 bits per heavy atom. The minimum absolute atomic E-state index is 0.0463. The van der Waals surface area contributed by atoms with Crippen LogP contribution >= 0.6 is 0 Å². The van der Waals surface area contributed by atoms with Gasteiger partial charge in [-0.15, -0.1) is 0 Å². The molecule has 7 rings (SSSR count). The monoisotopic (exact) mass is 686 g/mol. The van der Waals surface area contributed by atoms with Crippen LogP contribution in [0.5, 0.6) is 0 Å². The molecule has 0 saturated carbocycles. The first-order valence-corrected chi connectivity index (χ1v) is 20.3. The molecule has 2 atom stereocenters. The third-order valence-corrected chi connectivity index (χ3v) is 13.1. The van der Waals surface area contributed by atoms with Gasteiger partial charge in [-0.25, -0.2) is 0 Å². The molecule has 52 heavy (non-hydrogen) atoms. The molecule has 0 heteroatoms. The van der Waals surface area contributed by atoms with Gasteiger partial charge in [0.15, 0.2) is 0 Å². The summed E-state index contributed by atoms with van der Waals surface area (Å²) in [5.41, 5.74) is 19.3. The maximum absolute atomic E-state index is 2.65. The average Bonchev–Trinajstić information content (AvgIpc) is 3.52. The Morgan fingerprint density at radius 3 is 1.44 bits per heavy atom. The Morgan fingerprint density at radius 1 is 0.500 bits per heavy atom. The number of aryl methyl sites for hydroxylation is 2. The van der Waals surface area contributed by atoms with Crippen LogP contribution in [0.4, 0.5) is 0 Å². The normalized spacial score (nSPS) is 17.8. The smallest absolute Gasteiger partial charge is 0.0654 e. The van der Waals surface area contributed by atoms with E-state index in [0.29, 0.717) is 5.92 Å². The fourth-order valence-electron chi connectivity index (χ4n) is 9.70. The number of fused-ring (bicyclic) bond motifs is 6. The van der Waals surface area contributed by atoms with Crippen molar-refractivity contribution in [3.8, 4) is 22.3 Å². The van der Waals surface area contributed by atoms with E-state index in [1.165, 1.54) is 116 Å². The predicted octanol–water partition coefficient (Wildman–Crippen LogP) is 14.5. The first kappa shape index (κ1) is 36.5. The number of hydrogen-bond donors (Lipinski definition) is 0. The van der Waals surface area contributed by atoms with Crippen LogP contribution in [0.3, 0.4) is 0 Å². The molecule has 5 aromatic carbocycles. The molecule has 0 radical (unpaired) electrons. The van der Waals surface area contributed by atoms with Gasteiger partial charge in [-0.2, -0.15) is 0 Å². The summed E-state index contributed by atoms with van der Waals surface area (Å²) in [6, 6.07) is 39.1. The van der Waals surface area contributed by atoms with Crippen LogP contribution < -0.4 is 0 Å². The van der Waals surface area contributed by atoms with E-state index in [1.54, 1.807) is 0 Å². The van der Waals surface area contributed by atoms with Crippen LogP contribution in [0.1, 0.15) is 156 Å². The second kappa shape index (κ2) is 13.2. The van der Waals surface area contributed by atoms with Gasteiger partial charge in [0.2, 0.25) is 0 Å². The van der Waals surface area contributed by atoms with Crippen LogP contribution in [-0.4, -0.2) is 0 Å². The third kappa shape index (κ3) is 5.80. The summed E-state index contributed by atoms with van der Waals surface area (Å²) in [5, 5.41) is 0. The lowest BCUT2D eigenvalue weighted by Crippen LogP contribution is -2.30. The summed E-state index contributed by atoms with van der Waals surface area (Å²) in [7, 11) is 0. The Hall–Kier alpha value is -3.90. The second-order valence-electron chi connectivity index (χ2n) is 18.8. The third-order valence-electron chi connectivity index (χ3n) is 13.1. The van der Waals surface area contributed by atoms with Crippen LogP contribution in [0.15, 0.2) is 97.1 Å². The number of benzene rings is 5. The standard InChI is InChI=1S/C52H62/c1-12-13-14-15-16-17-36(4)51(11)45-30-34(2)18-28-41(45)43-33-48-44(32-46(43)51)42-29-19-35(3)31-47(42)52(48,39-24-20-37(21-25-39)49(5,6)7)40-26-22-38(23-27-40)50(8,9)10/h18-33,36H,12-17H2,1-11H3. The molecule has 0 spiro atoms. The fraction of sp³-hybridized carbons (Fsp3) is 0.423. The molecule has 0 nitrogen and oxygen atoms in total. The van der Waals surface area contributed by atoms with Crippen LogP contribution in [-0.2, 0) is 21.7 Å². The van der Waals surface area contributed by atoms with Gasteiger partial charge < -0.3 is 0 Å². The highest BCUT2D eigenvalue weighted by molar-refractivity contribution is 5.92. The van der Waals surface area contributed by atoms with Crippen molar-refractivity contribution >= 4 is 0 Å². The van der Waals surface area contributed by atoms with Crippen molar-refractivity contribution in [2.75, 3.05) is 0 Å². The van der Waals surface area contributed by atoms with Crippen molar-refractivity contribution in [2.45, 2.75) is 136 Å². The van der Waals surface area contributed by atoms with Gasteiger partial charge in [-0.1, -0.05) is 190 Å². The zero-order valence-electron chi connectivity index (χ0n) is 34.1. The van der Waals surface area contributed by atoms with E-state index < -0.39 is 5.41 Å². The Balaban J connectivity index is 1.51. The minimum atomic E-state index is -0.437. The molecular weight excluding hydrogens is 625 g/mol. The van der Waals surface area contributed by atoms with E-state index in [0.717, 1.165) is 0 Å². The molecular formula is C52H62. The molecule has 0 N–H and O–H groups in total. The molecule has 0 amide bonds. The lowest BCUT2D eigenvalue weighted by molar-refractivity contribution is 0.345. The Kier molecular flexibility index (Phi) is 9.25. The van der Waals surface area contributed by atoms with Gasteiger partial charge in [0.25, 0.3) is 0 Å². The molecule has 0 fully saturated rings. The molecule has 2 aliphatic rings. The van der Waals surface area contributed by atoms with E-state index in [2.05, 4.69) is 173 Å². The summed E-state index contributed by atoms with van der Waals surface area (Å²) in [4.78, 5) is 0. The quantitative estimate of drug-likeness (QED) is 0.133. The molecule has 0 aromatic heterocycles. The summed E-state index contributed by atoms with van der Waals surface area (Å²) in [6.45, 7) is 25.8. The molecule has 0 saturated heterocycles. The van der Waals surface area contributed by atoms with Gasteiger partial charge in [-0.3, -0.25) is 0 Å². The zero-order valence-corrected chi connectivity index (χ0v) is 34.1. The number of hydrogen-bond acceptors (Lipinski definition) is 0. The van der Waals surface area contributed by atoms with Crippen molar-refractivity contribution < 1.29 is 0 Å². The predicted molar refractivity (Wildman–Crippen MR) is 225 cm³/mol. The van der Waals surface area contributed by atoms with Crippen LogP contribution in [0.25, 0.3) is 22.3 Å². The highest BCUT2D eigenvalue weighted by Crippen LogP contribution is 2.61. The maximum Gasteiger partial charge on any atom is 0.0713 e. The molecule has 0 aliphatic heterocycles. The van der Waals surface area contributed by atoms with Crippen molar-refractivity contribution in [2.24, 2.45) is 5.92 Å². The molecule has 5 aromatic rings. The van der Waals surface area contributed by atoms with Gasteiger partial charge in [0, 0.05) is 5.41 Å². The molecule has 0 bridgehead atoms. The number of unbranched alkanes of at least 4 members (excludes halogenated alkanes) is 4.